The summed E-state index contributed by atoms with van der Waals surface area (Å²) in [6.07, 6.45) is 5.33. The van der Waals surface area contributed by atoms with Crippen molar-refractivity contribution in [1.82, 2.24) is 15.0 Å². The normalized spacial score (nSPS) is 11.2. The highest BCUT2D eigenvalue weighted by Crippen LogP contribution is 2.32. The Morgan fingerprint density at radius 2 is 1.67 bits per heavy atom. The zero-order chi connectivity index (χ0) is 17.2. The third kappa shape index (κ3) is 2.88. The SMILES string of the molecule is Nc1ncccc1S(=O)(=O)N(c1ccc(F)cc1)c1cncnc1. The quantitative estimate of drug-likeness (QED) is 0.777. The number of hydrogen-bond acceptors (Lipinski definition) is 6. The van der Waals surface area contributed by atoms with Crippen molar-refractivity contribution in [3.8, 4) is 0 Å². The largest absolute Gasteiger partial charge is 0.383 e. The van der Waals surface area contributed by atoms with Crippen LogP contribution in [0.15, 0.2) is 66.2 Å². The second-order valence-corrected chi connectivity index (χ2v) is 6.48. The highest BCUT2D eigenvalue weighted by atomic mass is 32.2. The van der Waals surface area contributed by atoms with E-state index < -0.39 is 15.8 Å². The van der Waals surface area contributed by atoms with Gasteiger partial charge in [0.1, 0.15) is 22.9 Å². The fourth-order valence-corrected chi connectivity index (χ4v) is 3.65. The van der Waals surface area contributed by atoms with Crippen LogP contribution in [0.3, 0.4) is 0 Å². The van der Waals surface area contributed by atoms with Gasteiger partial charge in [-0.2, -0.15) is 0 Å². The molecule has 0 saturated heterocycles. The molecule has 0 aliphatic carbocycles. The van der Waals surface area contributed by atoms with Crippen LogP contribution in [-0.2, 0) is 10.0 Å². The maximum absolute atomic E-state index is 13.2. The molecular weight excluding hydrogens is 333 g/mol. The molecule has 0 atom stereocenters. The van der Waals surface area contributed by atoms with Crippen LogP contribution in [0, 0.1) is 5.82 Å². The first-order chi connectivity index (χ1) is 11.5. The Balaban J connectivity index is 2.22. The average Bonchev–Trinajstić information content (AvgIpc) is 2.58. The lowest BCUT2D eigenvalue weighted by atomic mass is 10.3. The summed E-state index contributed by atoms with van der Waals surface area (Å²) in [5.41, 5.74) is 6.12. The highest BCUT2D eigenvalue weighted by molar-refractivity contribution is 7.93. The summed E-state index contributed by atoms with van der Waals surface area (Å²) in [6.45, 7) is 0. The molecule has 0 saturated carbocycles. The molecular formula is C15H12FN5O2S. The molecule has 3 aromatic rings. The molecule has 0 aliphatic heterocycles. The molecule has 0 amide bonds. The Hall–Kier alpha value is -3.07. The molecule has 7 nitrogen and oxygen atoms in total. The van der Waals surface area contributed by atoms with Gasteiger partial charge in [-0.05, 0) is 36.4 Å². The van der Waals surface area contributed by atoms with E-state index in [0.717, 1.165) is 16.4 Å². The molecule has 0 radical (unpaired) electrons. The van der Waals surface area contributed by atoms with Crippen LogP contribution in [0.1, 0.15) is 0 Å². The van der Waals surface area contributed by atoms with Gasteiger partial charge in [0, 0.05) is 6.20 Å². The van der Waals surface area contributed by atoms with E-state index in [0.29, 0.717) is 0 Å². The molecule has 0 aliphatic rings. The Labute approximate surface area is 137 Å². The number of benzene rings is 1. The molecule has 0 bridgehead atoms. The Morgan fingerprint density at radius 3 is 2.29 bits per heavy atom. The van der Waals surface area contributed by atoms with E-state index in [1.54, 1.807) is 0 Å². The minimum Gasteiger partial charge on any atom is -0.383 e. The molecule has 9 heteroatoms. The van der Waals surface area contributed by atoms with Crippen molar-refractivity contribution >= 4 is 27.2 Å². The number of pyridine rings is 1. The van der Waals surface area contributed by atoms with Gasteiger partial charge in [-0.15, -0.1) is 0 Å². The lowest BCUT2D eigenvalue weighted by Crippen LogP contribution is -2.27. The minimum absolute atomic E-state index is 0.138. The van der Waals surface area contributed by atoms with Crippen LogP contribution in [0.4, 0.5) is 21.6 Å². The van der Waals surface area contributed by atoms with Crippen LogP contribution in [0.25, 0.3) is 0 Å². The summed E-state index contributed by atoms with van der Waals surface area (Å²) in [5.74, 6) is -0.622. The van der Waals surface area contributed by atoms with Gasteiger partial charge in [-0.3, -0.25) is 0 Å². The second-order valence-electron chi connectivity index (χ2n) is 4.73. The van der Waals surface area contributed by atoms with Crippen LogP contribution in [-0.4, -0.2) is 23.4 Å². The highest BCUT2D eigenvalue weighted by Gasteiger charge is 2.29. The van der Waals surface area contributed by atoms with Gasteiger partial charge in [0.05, 0.1) is 23.8 Å². The van der Waals surface area contributed by atoms with Crippen molar-refractivity contribution in [2.24, 2.45) is 0 Å². The third-order valence-corrected chi connectivity index (χ3v) is 4.96. The molecule has 2 N–H and O–H groups in total. The summed E-state index contributed by atoms with van der Waals surface area (Å²) >= 11 is 0. The van der Waals surface area contributed by atoms with Crippen LogP contribution in [0.2, 0.25) is 0 Å². The van der Waals surface area contributed by atoms with E-state index in [1.807, 2.05) is 0 Å². The Kier molecular flexibility index (Phi) is 4.09. The Morgan fingerprint density at radius 1 is 1.00 bits per heavy atom. The Bertz CT molecular complexity index is 949. The van der Waals surface area contributed by atoms with Gasteiger partial charge in [0.2, 0.25) is 0 Å². The third-order valence-electron chi connectivity index (χ3n) is 3.16. The first kappa shape index (κ1) is 15.8. The smallest absolute Gasteiger partial charge is 0.272 e. The molecule has 0 unspecified atom stereocenters. The van der Waals surface area contributed by atoms with Crippen LogP contribution < -0.4 is 10.0 Å². The van der Waals surface area contributed by atoms with Crippen LogP contribution in [0.5, 0.6) is 0 Å². The number of nitrogens with two attached hydrogens (primary N) is 1. The molecule has 1 aromatic carbocycles. The number of rotatable bonds is 4. The fourth-order valence-electron chi connectivity index (χ4n) is 2.12. The predicted octanol–water partition coefficient (Wildman–Crippen LogP) is 2.12. The zero-order valence-electron chi connectivity index (χ0n) is 12.2. The first-order valence-electron chi connectivity index (χ1n) is 6.76. The standard InChI is InChI=1S/C15H12FN5O2S/c16-11-3-5-12(6-4-11)21(13-8-18-10-19-9-13)24(22,23)14-2-1-7-20-15(14)17/h1-10H,(H2,17,20). The van der Waals surface area contributed by atoms with Crippen molar-refractivity contribution in [1.29, 1.82) is 0 Å². The number of nitrogen functional groups attached to an aromatic ring is 1. The molecule has 3 rings (SSSR count). The van der Waals surface area contributed by atoms with Crippen molar-refractivity contribution in [2.75, 3.05) is 10.0 Å². The lowest BCUT2D eigenvalue weighted by molar-refractivity contribution is 0.596. The van der Waals surface area contributed by atoms with Gasteiger partial charge in [0.25, 0.3) is 10.0 Å². The van der Waals surface area contributed by atoms with E-state index in [-0.39, 0.29) is 22.1 Å². The molecule has 2 aromatic heterocycles. The van der Waals surface area contributed by atoms with E-state index in [2.05, 4.69) is 15.0 Å². The number of anilines is 3. The fraction of sp³-hybridized carbons (Fsp3) is 0. The lowest BCUT2D eigenvalue weighted by Gasteiger charge is -2.24. The summed E-state index contributed by atoms with van der Waals surface area (Å²) in [7, 11) is -4.11. The summed E-state index contributed by atoms with van der Waals surface area (Å²) in [6, 6.07) is 7.81. The molecule has 2 heterocycles. The van der Waals surface area contributed by atoms with Crippen molar-refractivity contribution in [2.45, 2.75) is 4.90 Å². The van der Waals surface area contributed by atoms with Gasteiger partial charge >= 0.3 is 0 Å². The first-order valence-corrected chi connectivity index (χ1v) is 8.20. The number of nitrogens with zero attached hydrogens (tertiary/aromatic N) is 4. The summed E-state index contributed by atoms with van der Waals surface area (Å²) in [4.78, 5) is 11.3. The van der Waals surface area contributed by atoms with Gasteiger partial charge in [-0.1, -0.05) is 0 Å². The van der Waals surface area contributed by atoms with Gasteiger partial charge in [-0.25, -0.2) is 32.1 Å². The van der Waals surface area contributed by atoms with Crippen molar-refractivity contribution < 1.29 is 12.8 Å². The number of sulfonamides is 1. The predicted molar refractivity (Wildman–Crippen MR) is 86.4 cm³/mol. The molecule has 122 valence electrons. The zero-order valence-corrected chi connectivity index (χ0v) is 13.1. The number of halogens is 1. The van der Waals surface area contributed by atoms with E-state index in [1.165, 1.54) is 49.2 Å². The van der Waals surface area contributed by atoms with E-state index >= 15 is 0 Å². The maximum Gasteiger partial charge on any atom is 0.272 e. The van der Waals surface area contributed by atoms with Gasteiger partial charge < -0.3 is 5.73 Å². The molecule has 24 heavy (non-hydrogen) atoms. The van der Waals surface area contributed by atoms with E-state index in [4.69, 9.17) is 5.73 Å². The summed E-state index contributed by atoms with van der Waals surface area (Å²) in [5, 5.41) is 0. The number of hydrogen-bond donors (Lipinski definition) is 1. The minimum atomic E-state index is -4.11. The number of aromatic nitrogens is 3. The molecule has 0 fully saturated rings. The van der Waals surface area contributed by atoms with E-state index in [9.17, 15) is 12.8 Å². The van der Waals surface area contributed by atoms with Crippen molar-refractivity contribution in [3.63, 3.8) is 0 Å². The molecule has 0 spiro atoms. The van der Waals surface area contributed by atoms with Crippen molar-refractivity contribution in [3.05, 3.63) is 67.1 Å². The average molecular weight is 345 g/mol. The second kappa shape index (κ2) is 6.20. The van der Waals surface area contributed by atoms with Crippen LogP contribution >= 0.6 is 0 Å². The maximum atomic E-state index is 13.2. The van der Waals surface area contributed by atoms with Gasteiger partial charge in [0.15, 0.2) is 0 Å². The monoisotopic (exact) mass is 345 g/mol. The summed E-state index contributed by atoms with van der Waals surface area (Å²) < 4.78 is 40.4. The topological polar surface area (TPSA) is 102 Å².